The van der Waals surface area contributed by atoms with Gasteiger partial charge in [-0.05, 0) is 11.1 Å². The van der Waals surface area contributed by atoms with Gasteiger partial charge in [-0.3, -0.25) is 0 Å². The molecule has 0 aromatic heterocycles. The number of carbonyl (C=O) groups is 1. The van der Waals surface area contributed by atoms with E-state index in [4.69, 9.17) is 9.16 Å². The molecule has 0 spiro atoms. The molecule has 0 fully saturated rings. The third-order valence-corrected chi connectivity index (χ3v) is 4.39. The van der Waals surface area contributed by atoms with Crippen LogP contribution in [-0.2, 0) is 19.6 Å². The number of hydrogen-bond donors (Lipinski definition) is 0. The fraction of sp³-hybridized carbons (Fsp3) is 0.167. The van der Waals surface area contributed by atoms with Crippen LogP contribution in [0.25, 0.3) is 0 Å². The van der Waals surface area contributed by atoms with E-state index in [1.807, 2.05) is 60.7 Å². The Labute approximate surface area is 134 Å². The monoisotopic (exact) mass is 312 g/mol. The molecule has 0 unspecified atom stereocenters. The molecule has 0 amide bonds. The standard InChI is InChI=1S/C18H20O3Si/c1-2-17(19)20-14-13-18(21-22,15-9-5-3-6-10-15)16-11-7-4-8-12-16/h2-12H,1,13-14H2,22H3. The largest absolute Gasteiger partial charge is 0.462 e. The van der Waals surface area contributed by atoms with E-state index in [0.29, 0.717) is 16.9 Å². The van der Waals surface area contributed by atoms with Gasteiger partial charge in [0.05, 0.1) is 6.61 Å². The summed E-state index contributed by atoms with van der Waals surface area (Å²) in [6.07, 6.45) is 1.73. The highest BCUT2D eigenvalue weighted by Gasteiger charge is 2.33. The van der Waals surface area contributed by atoms with Crippen LogP contribution in [0.15, 0.2) is 73.3 Å². The topological polar surface area (TPSA) is 35.5 Å². The molecule has 0 aliphatic carbocycles. The first kappa shape index (κ1) is 16.2. The van der Waals surface area contributed by atoms with E-state index in [1.54, 1.807) is 0 Å². The third-order valence-electron chi connectivity index (χ3n) is 3.69. The van der Waals surface area contributed by atoms with Crippen LogP contribution in [0.2, 0.25) is 0 Å². The zero-order valence-corrected chi connectivity index (χ0v) is 14.7. The summed E-state index contributed by atoms with van der Waals surface area (Å²) in [5.41, 5.74) is 1.53. The van der Waals surface area contributed by atoms with Gasteiger partial charge in [-0.2, -0.15) is 0 Å². The van der Waals surface area contributed by atoms with Crippen LogP contribution >= 0.6 is 0 Å². The molecule has 0 bridgehead atoms. The minimum atomic E-state index is -0.587. The van der Waals surface area contributed by atoms with Crippen LogP contribution in [0.5, 0.6) is 0 Å². The molecule has 22 heavy (non-hydrogen) atoms. The van der Waals surface area contributed by atoms with E-state index in [2.05, 4.69) is 6.58 Å². The molecule has 0 saturated carbocycles. The molecule has 2 rings (SSSR count). The summed E-state index contributed by atoms with van der Waals surface area (Å²) in [4.78, 5) is 11.3. The van der Waals surface area contributed by atoms with Gasteiger partial charge in [0.15, 0.2) is 0 Å². The van der Waals surface area contributed by atoms with Crippen molar-refractivity contribution in [3.05, 3.63) is 84.4 Å². The van der Waals surface area contributed by atoms with E-state index >= 15 is 0 Å². The van der Waals surface area contributed by atoms with Gasteiger partial charge in [-0.15, -0.1) is 0 Å². The van der Waals surface area contributed by atoms with Gasteiger partial charge in [0.25, 0.3) is 0 Å². The smallest absolute Gasteiger partial charge is 0.330 e. The molecule has 114 valence electrons. The number of rotatable bonds is 7. The summed E-state index contributed by atoms with van der Waals surface area (Å²) >= 11 is 0. The van der Waals surface area contributed by atoms with Crippen molar-refractivity contribution in [3.63, 3.8) is 0 Å². The fourth-order valence-corrected chi connectivity index (χ4v) is 3.24. The molecule has 0 saturated heterocycles. The van der Waals surface area contributed by atoms with Crippen molar-refractivity contribution in [1.82, 2.24) is 0 Å². The Morgan fingerprint density at radius 1 is 1.05 bits per heavy atom. The van der Waals surface area contributed by atoms with Crippen LogP contribution in [-0.4, -0.2) is 23.1 Å². The second kappa shape index (κ2) is 7.73. The lowest BCUT2D eigenvalue weighted by atomic mass is 9.84. The van der Waals surface area contributed by atoms with Crippen molar-refractivity contribution < 1.29 is 14.0 Å². The Morgan fingerprint density at radius 3 is 1.95 bits per heavy atom. The first-order valence-corrected chi connectivity index (χ1v) is 8.00. The summed E-state index contributed by atoms with van der Waals surface area (Å²) in [5, 5.41) is 0. The van der Waals surface area contributed by atoms with E-state index in [-0.39, 0.29) is 6.61 Å². The quantitative estimate of drug-likeness (QED) is 0.447. The van der Waals surface area contributed by atoms with Gasteiger partial charge in [0.1, 0.15) is 16.1 Å². The predicted octanol–water partition coefficient (Wildman–Crippen LogP) is 2.35. The zero-order valence-electron chi connectivity index (χ0n) is 12.7. The molecule has 0 heterocycles. The summed E-state index contributed by atoms with van der Waals surface area (Å²) in [5.74, 6) is -0.414. The molecule has 0 N–H and O–H groups in total. The van der Waals surface area contributed by atoms with Gasteiger partial charge >= 0.3 is 5.97 Å². The highest BCUT2D eigenvalue weighted by Crippen LogP contribution is 2.36. The van der Waals surface area contributed by atoms with Crippen molar-refractivity contribution in [2.45, 2.75) is 12.0 Å². The Bertz CT molecular complexity index is 571. The number of carbonyl (C=O) groups excluding carboxylic acids is 1. The molecule has 2 aromatic carbocycles. The Kier molecular flexibility index (Phi) is 5.69. The molecule has 0 aliphatic heterocycles. The molecule has 0 radical (unpaired) electrons. The van der Waals surface area contributed by atoms with Crippen molar-refractivity contribution in [1.29, 1.82) is 0 Å². The summed E-state index contributed by atoms with van der Waals surface area (Å²) < 4.78 is 11.2. The number of esters is 1. The lowest BCUT2D eigenvalue weighted by Gasteiger charge is -2.34. The van der Waals surface area contributed by atoms with E-state index in [9.17, 15) is 4.79 Å². The zero-order chi connectivity index (χ0) is 15.8. The van der Waals surface area contributed by atoms with Gasteiger partial charge in [-0.25, -0.2) is 4.79 Å². The minimum Gasteiger partial charge on any atom is -0.462 e. The van der Waals surface area contributed by atoms with Crippen LogP contribution in [0.1, 0.15) is 17.5 Å². The lowest BCUT2D eigenvalue weighted by Crippen LogP contribution is -2.32. The number of ether oxygens (including phenoxy) is 1. The highest BCUT2D eigenvalue weighted by molar-refractivity contribution is 5.98. The molecular weight excluding hydrogens is 292 g/mol. The molecule has 3 nitrogen and oxygen atoms in total. The Morgan fingerprint density at radius 2 is 1.55 bits per heavy atom. The maximum absolute atomic E-state index is 11.3. The van der Waals surface area contributed by atoms with Crippen molar-refractivity contribution in [3.8, 4) is 0 Å². The first-order valence-electron chi connectivity index (χ1n) is 7.18. The maximum atomic E-state index is 11.3. The van der Waals surface area contributed by atoms with Crippen LogP contribution in [0.4, 0.5) is 0 Å². The number of hydrogen-bond acceptors (Lipinski definition) is 3. The Hall–Kier alpha value is -2.17. The number of benzene rings is 2. The molecule has 0 atom stereocenters. The van der Waals surface area contributed by atoms with Crippen LogP contribution in [0, 0.1) is 0 Å². The average molecular weight is 312 g/mol. The Balaban J connectivity index is 2.35. The minimum absolute atomic E-state index is 0.275. The van der Waals surface area contributed by atoms with Crippen molar-refractivity contribution >= 4 is 16.5 Å². The maximum Gasteiger partial charge on any atom is 0.330 e. The second-order valence-electron chi connectivity index (χ2n) is 4.88. The average Bonchev–Trinajstić information content (AvgIpc) is 2.60. The van der Waals surface area contributed by atoms with Crippen molar-refractivity contribution in [2.75, 3.05) is 6.61 Å². The normalized spacial score (nSPS) is 11.1. The predicted molar refractivity (Wildman–Crippen MR) is 90.5 cm³/mol. The van der Waals surface area contributed by atoms with Gasteiger partial charge < -0.3 is 9.16 Å². The van der Waals surface area contributed by atoms with E-state index < -0.39 is 11.6 Å². The first-order chi connectivity index (χ1) is 10.7. The van der Waals surface area contributed by atoms with Gasteiger partial charge in [0, 0.05) is 12.5 Å². The molecule has 0 aliphatic rings. The van der Waals surface area contributed by atoms with Gasteiger partial charge in [0.2, 0.25) is 0 Å². The molecule has 4 heteroatoms. The summed E-state index contributed by atoms with van der Waals surface area (Å²) in [7, 11) is 0.569. The highest BCUT2D eigenvalue weighted by atomic mass is 28.2. The third kappa shape index (κ3) is 3.53. The summed E-state index contributed by atoms with van der Waals surface area (Å²) in [6, 6.07) is 20.1. The van der Waals surface area contributed by atoms with Crippen LogP contribution in [0.3, 0.4) is 0 Å². The van der Waals surface area contributed by atoms with Crippen LogP contribution < -0.4 is 0 Å². The lowest BCUT2D eigenvalue weighted by molar-refractivity contribution is -0.138. The van der Waals surface area contributed by atoms with E-state index in [0.717, 1.165) is 11.1 Å². The van der Waals surface area contributed by atoms with Crippen molar-refractivity contribution in [2.24, 2.45) is 0 Å². The second-order valence-corrected chi connectivity index (χ2v) is 5.29. The molecule has 2 aromatic rings. The summed E-state index contributed by atoms with van der Waals surface area (Å²) in [6.45, 7) is 3.69. The molecular formula is C18H20O3Si. The SMILES string of the molecule is C=CC(=O)OCCC(O[SiH3])(c1ccccc1)c1ccccc1. The fourth-order valence-electron chi connectivity index (χ4n) is 2.56. The van der Waals surface area contributed by atoms with E-state index in [1.165, 1.54) is 6.08 Å². The van der Waals surface area contributed by atoms with Gasteiger partial charge in [-0.1, -0.05) is 67.2 Å².